The highest BCUT2D eigenvalue weighted by molar-refractivity contribution is 6.35. The third-order valence-electron chi connectivity index (χ3n) is 3.09. The van der Waals surface area contributed by atoms with Gasteiger partial charge in [0, 0.05) is 23.3 Å². The van der Waals surface area contributed by atoms with Crippen molar-refractivity contribution in [2.45, 2.75) is 0 Å². The number of halogens is 1. The summed E-state index contributed by atoms with van der Waals surface area (Å²) >= 11 is 6.20. The predicted molar refractivity (Wildman–Crippen MR) is 80.9 cm³/mol. The van der Waals surface area contributed by atoms with Gasteiger partial charge >= 0.3 is 0 Å². The Morgan fingerprint density at radius 2 is 1.95 bits per heavy atom. The largest absolute Gasteiger partial charge is 0.480 e. The number of rotatable bonds is 2. The Morgan fingerprint density at radius 3 is 2.70 bits per heavy atom. The van der Waals surface area contributed by atoms with Gasteiger partial charge in [-0.3, -0.25) is 4.98 Å². The lowest BCUT2D eigenvalue weighted by Gasteiger charge is -2.07. The molecule has 0 saturated heterocycles. The van der Waals surface area contributed by atoms with Crippen LogP contribution in [0.2, 0.25) is 5.02 Å². The number of nitrogen functional groups attached to an aromatic ring is 1. The van der Waals surface area contributed by atoms with Gasteiger partial charge in [-0.05, 0) is 29.8 Å². The number of benzene rings is 1. The summed E-state index contributed by atoms with van der Waals surface area (Å²) < 4.78 is 5.06. The van der Waals surface area contributed by atoms with E-state index in [0.29, 0.717) is 16.6 Å². The third kappa shape index (κ3) is 2.14. The molecule has 2 aromatic heterocycles. The summed E-state index contributed by atoms with van der Waals surface area (Å²) in [5.41, 5.74) is 9.13. The second-order valence-corrected chi connectivity index (χ2v) is 4.75. The van der Waals surface area contributed by atoms with Gasteiger partial charge in [-0.1, -0.05) is 17.7 Å². The zero-order valence-electron chi connectivity index (χ0n) is 10.8. The Morgan fingerprint density at radius 1 is 1.10 bits per heavy atom. The van der Waals surface area contributed by atoms with Gasteiger partial charge in [-0.15, -0.1) is 0 Å². The van der Waals surface area contributed by atoms with Gasteiger partial charge < -0.3 is 10.5 Å². The number of nitrogens with two attached hydrogens (primary N) is 1. The van der Waals surface area contributed by atoms with E-state index in [1.165, 1.54) is 0 Å². The molecule has 4 nitrogen and oxygen atoms in total. The highest BCUT2D eigenvalue weighted by Gasteiger charge is 2.07. The number of pyridine rings is 2. The van der Waals surface area contributed by atoms with Crippen molar-refractivity contribution in [3.63, 3.8) is 0 Å². The molecule has 5 heteroatoms. The molecule has 0 aliphatic rings. The molecular formula is C15H12ClN3O. The molecule has 2 heterocycles. The second kappa shape index (κ2) is 4.98. The van der Waals surface area contributed by atoms with E-state index in [1.807, 2.05) is 24.3 Å². The van der Waals surface area contributed by atoms with Crippen molar-refractivity contribution in [3.05, 3.63) is 47.7 Å². The van der Waals surface area contributed by atoms with Crippen molar-refractivity contribution in [2.24, 2.45) is 0 Å². The number of hydrogen-bond acceptors (Lipinski definition) is 4. The molecule has 20 heavy (non-hydrogen) atoms. The van der Waals surface area contributed by atoms with Crippen LogP contribution in [-0.2, 0) is 0 Å². The first-order valence-electron chi connectivity index (χ1n) is 6.03. The molecule has 1 aromatic carbocycles. The number of methoxy groups -OCH3 is 1. The Kier molecular flexibility index (Phi) is 3.16. The zero-order chi connectivity index (χ0) is 14.1. The molecule has 2 N–H and O–H groups in total. The van der Waals surface area contributed by atoms with Crippen LogP contribution < -0.4 is 10.5 Å². The SMILES string of the molecule is COc1ncc(-c2ccc3nccc(Cl)c3c2)cc1N. The summed E-state index contributed by atoms with van der Waals surface area (Å²) in [5.74, 6) is 0.425. The van der Waals surface area contributed by atoms with Crippen LogP contribution in [0.3, 0.4) is 0 Å². The molecule has 0 saturated carbocycles. The predicted octanol–water partition coefficient (Wildman–Crippen LogP) is 3.54. The number of ether oxygens (including phenoxy) is 1. The van der Waals surface area contributed by atoms with Crippen LogP contribution in [0.4, 0.5) is 5.69 Å². The van der Waals surface area contributed by atoms with Crippen LogP contribution in [0.25, 0.3) is 22.0 Å². The number of anilines is 1. The van der Waals surface area contributed by atoms with E-state index in [1.54, 1.807) is 25.6 Å². The molecule has 0 bridgehead atoms. The fourth-order valence-corrected chi connectivity index (χ4v) is 2.30. The molecule has 0 spiro atoms. The van der Waals surface area contributed by atoms with Crippen LogP contribution in [0.1, 0.15) is 0 Å². The maximum atomic E-state index is 6.20. The van der Waals surface area contributed by atoms with Crippen molar-refractivity contribution in [2.75, 3.05) is 12.8 Å². The van der Waals surface area contributed by atoms with E-state index in [0.717, 1.165) is 22.0 Å². The van der Waals surface area contributed by atoms with Gasteiger partial charge in [0.05, 0.1) is 23.3 Å². The first kappa shape index (κ1) is 12.7. The number of aromatic nitrogens is 2. The lowest BCUT2D eigenvalue weighted by Crippen LogP contribution is -1.95. The monoisotopic (exact) mass is 285 g/mol. The van der Waals surface area contributed by atoms with Crippen LogP contribution >= 0.6 is 11.6 Å². The maximum absolute atomic E-state index is 6.20. The lowest BCUT2D eigenvalue weighted by atomic mass is 10.0. The minimum absolute atomic E-state index is 0.425. The highest BCUT2D eigenvalue weighted by Crippen LogP contribution is 2.30. The van der Waals surface area contributed by atoms with Crippen molar-refractivity contribution >= 4 is 28.2 Å². The highest BCUT2D eigenvalue weighted by atomic mass is 35.5. The van der Waals surface area contributed by atoms with E-state index in [2.05, 4.69) is 9.97 Å². The molecule has 0 atom stereocenters. The minimum Gasteiger partial charge on any atom is -0.480 e. The number of fused-ring (bicyclic) bond motifs is 1. The number of hydrogen-bond donors (Lipinski definition) is 1. The van der Waals surface area contributed by atoms with Gasteiger partial charge in [0.15, 0.2) is 0 Å². The summed E-state index contributed by atoms with van der Waals surface area (Å²) in [5, 5.41) is 1.58. The quantitative estimate of drug-likeness (QED) is 0.782. The van der Waals surface area contributed by atoms with Gasteiger partial charge in [0.2, 0.25) is 5.88 Å². The molecule has 0 amide bonds. The van der Waals surface area contributed by atoms with Gasteiger partial charge in [-0.2, -0.15) is 0 Å². The Hall–Kier alpha value is -2.33. The summed E-state index contributed by atoms with van der Waals surface area (Å²) in [6, 6.07) is 9.48. The average Bonchev–Trinajstić information content (AvgIpc) is 2.47. The third-order valence-corrected chi connectivity index (χ3v) is 3.42. The van der Waals surface area contributed by atoms with E-state index in [9.17, 15) is 0 Å². The van der Waals surface area contributed by atoms with Crippen LogP contribution in [-0.4, -0.2) is 17.1 Å². The normalized spacial score (nSPS) is 10.7. The first-order chi connectivity index (χ1) is 9.69. The van der Waals surface area contributed by atoms with Crippen molar-refractivity contribution in [1.82, 2.24) is 9.97 Å². The molecule has 0 radical (unpaired) electrons. The minimum atomic E-state index is 0.425. The zero-order valence-corrected chi connectivity index (χ0v) is 11.6. The average molecular weight is 286 g/mol. The van der Waals surface area contributed by atoms with Gasteiger partial charge in [0.25, 0.3) is 0 Å². The standard InChI is InChI=1S/C15H12ClN3O/c1-20-15-13(17)7-10(8-19-15)9-2-3-14-11(6-9)12(16)4-5-18-14/h2-8H,17H2,1H3. The van der Waals surface area contributed by atoms with Crippen LogP contribution in [0.15, 0.2) is 42.7 Å². The fourth-order valence-electron chi connectivity index (χ4n) is 2.09. The van der Waals surface area contributed by atoms with Crippen LogP contribution in [0, 0.1) is 0 Å². The van der Waals surface area contributed by atoms with E-state index < -0.39 is 0 Å². The Balaban J connectivity index is 2.14. The fraction of sp³-hybridized carbons (Fsp3) is 0.0667. The summed E-state index contributed by atoms with van der Waals surface area (Å²) in [6.45, 7) is 0. The van der Waals surface area contributed by atoms with E-state index >= 15 is 0 Å². The Bertz CT molecular complexity index is 789. The molecule has 0 unspecified atom stereocenters. The second-order valence-electron chi connectivity index (χ2n) is 4.35. The molecule has 0 aliphatic heterocycles. The first-order valence-corrected chi connectivity index (χ1v) is 6.41. The van der Waals surface area contributed by atoms with E-state index in [4.69, 9.17) is 22.1 Å². The van der Waals surface area contributed by atoms with Crippen molar-refractivity contribution in [3.8, 4) is 17.0 Å². The van der Waals surface area contributed by atoms with E-state index in [-0.39, 0.29) is 0 Å². The molecule has 100 valence electrons. The smallest absolute Gasteiger partial charge is 0.236 e. The van der Waals surface area contributed by atoms with Crippen molar-refractivity contribution < 1.29 is 4.74 Å². The summed E-state index contributed by atoms with van der Waals surface area (Å²) in [6.07, 6.45) is 3.41. The lowest BCUT2D eigenvalue weighted by molar-refractivity contribution is 0.400. The van der Waals surface area contributed by atoms with Crippen LogP contribution in [0.5, 0.6) is 5.88 Å². The molecular weight excluding hydrogens is 274 g/mol. The molecule has 0 fully saturated rings. The van der Waals surface area contributed by atoms with Gasteiger partial charge in [0.1, 0.15) is 0 Å². The Labute approximate surface area is 121 Å². The molecule has 3 rings (SSSR count). The summed E-state index contributed by atoms with van der Waals surface area (Å²) in [4.78, 5) is 8.46. The molecule has 3 aromatic rings. The number of nitrogens with zero attached hydrogens (tertiary/aromatic N) is 2. The maximum Gasteiger partial charge on any atom is 0.236 e. The topological polar surface area (TPSA) is 61.0 Å². The molecule has 0 aliphatic carbocycles. The van der Waals surface area contributed by atoms with Gasteiger partial charge in [-0.25, -0.2) is 4.98 Å². The van der Waals surface area contributed by atoms with Crippen molar-refractivity contribution in [1.29, 1.82) is 0 Å². The summed E-state index contributed by atoms with van der Waals surface area (Å²) in [7, 11) is 1.54.